The lowest BCUT2D eigenvalue weighted by atomic mass is 10.2. The third-order valence-corrected chi connectivity index (χ3v) is 4.81. The van der Waals surface area contributed by atoms with Crippen molar-refractivity contribution >= 4 is 29.9 Å². The van der Waals surface area contributed by atoms with E-state index in [1.54, 1.807) is 14.2 Å². The number of ether oxygens (including phenoxy) is 2. The molecule has 0 saturated carbocycles. The Morgan fingerprint density at radius 3 is 2.48 bits per heavy atom. The molecule has 0 amide bonds. The first-order valence-corrected chi connectivity index (χ1v) is 10.2. The predicted octanol–water partition coefficient (Wildman–Crippen LogP) is 2.40. The average molecular weight is 519 g/mol. The van der Waals surface area contributed by atoms with Crippen molar-refractivity contribution in [3.05, 3.63) is 23.8 Å². The number of nitrogens with zero attached hydrogens (tertiary/aromatic N) is 3. The summed E-state index contributed by atoms with van der Waals surface area (Å²) in [7, 11) is 7.57. The van der Waals surface area contributed by atoms with Gasteiger partial charge < -0.3 is 25.0 Å². The first-order chi connectivity index (χ1) is 13.5. The molecule has 1 aromatic rings. The number of nitrogens with one attached hydrogen (secondary N) is 2. The molecule has 1 aromatic carbocycles. The van der Waals surface area contributed by atoms with Gasteiger partial charge in [0.2, 0.25) is 0 Å². The molecule has 1 aliphatic rings. The summed E-state index contributed by atoms with van der Waals surface area (Å²) in [5, 5.41) is 6.97. The molecule has 1 unspecified atom stereocenters. The minimum absolute atomic E-state index is 0. The molecule has 0 radical (unpaired) electrons. The Hall–Kier alpha value is -1.26. The molecule has 7 nitrogen and oxygen atoms in total. The van der Waals surface area contributed by atoms with Gasteiger partial charge in [0, 0.05) is 44.8 Å². The quantitative estimate of drug-likeness (QED) is 0.214. The van der Waals surface area contributed by atoms with Crippen molar-refractivity contribution in [2.75, 3.05) is 61.0 Å². The smallest absolute Gasteiger partial charge is 0.191 e. The number of hydrogen-bond acceptors (Lipinski definition) is 5. The molecule has 0 bridgehead atoms. The monoisotopic (exact) mass is 519 g/mol. The Bertz CT molecular complexity index is 605. The fourth-order valence-electron chi connectivity index (χ4n) is 3.40. The third kappa shape index (κ3) is 9.39. The molecule has 0 spiro atoms. The normalized spacial score (nSPS) is 17.2. The highest BCUT2D eigenvalue weighted by Crippen LogP contribution is 2.24. The van der Waals surface area contributed by atoms with Crippen molar-refractivity contribution in [1.82, 2.24) is 20.4 Å². The molecule has 0 aliphatic carbocycles. The van der Waals surface area contributed by atoms with E-state index in [-0.39, 0.29) is 24.0 Å². The lowest BCUT2D eigenvalue weighted by Crippen LogP contribution is -2.44. The molecule has 1 heterocycles. The highest BCUT2D eigenvalue weighted by atomic mass is 127. The Labute approximate surface area is 193 Å². The number of likely N-dealkylation sites (tertiary alicyclic amines) is 1. The van der Waals surface area contributed by atoms with Crippen molar-refractivity contribution in [2.45, 2.75) is 32.4 Å². The molecule has 8 heteroatoms. The van der Waals surface area contributed by atoms with Gasteiger partial charge in [0.15, 0.2) is 5.96 Å². The Balaban J connectivity index is 0.00000420. The highest BCUT2D eigenvalue weighted by molar-refractivity contribution is 14.0. The zero-order valence-electron chi connectivity index (χ0n) is 18.5. The minimum Gasteiger partial charge on any atom is -0.497 e. The van der Waals surface area contributed by atoms with E-state index in [0.717, 1.165) is 69.6 Å². The maximum absolute atomic E-state index is 5.39. The van der Waals surface area contributed by atoms with Crippen LogP contribution in [0.2, 0.25) is 0 Å². The van der Waals surface area contributed by atoms with E-state index in [0.29, 0.717) is 6.04 Å². The first kappa shape index (κ1) is 25.8. The summed E-state index contributed by atoms with van der Waals surface area (Å²) in [6.07, 6.45) is 2.18. The van der Waals surface area contributed by atoms with Crippen LogP contribution < -0.4 is 20.1 Å². The van der Waals surface area contributed by atoms with Crippen LogP contribution in [0.3, 0.4) is 0 Å². The van der Waals surface area contributed by atoms with Crippen LogP contribution >= 0.6 is 24.0 Å². The SMILES string of the molecule is CCNC(=NCCCN(C)C)NC1CCN(Cc2cc(OC)cc(OC)c2)C1.I. The molecule has 1 saturated heterocycles. The fraction of sp³-hybridized carbons (Fsp3) is 0.667. The van der Waals surface area contributed by atoms with Crippen molar-refractivity contribution in [2.24, 2.45) is 4.99 Å². The van der Waals surface area contributed by atoms with Gasteiger partial charge in [0.25, 0.3) is 0 Å². The maximum atomic E-state index is 5.39. The van der Waals surface area contributed by atoms with E-state index < -0.39 is 0 Å². The van der Waals surface area contributed by atoms with E-state index in [1.165, 1.54) is 5.56 Å². The molecule has 1 atom stereocenters. The van der Waals surface area contributed by atoms with Gasteiger partial charge in [-0.15, -0.1) is 24.0 Å². The van der Waals surface area contributed by atoms with Crippen molar-refractivity contribution in [1.29, 1.82) is 0 Å². The van der Waals surface area contributed by atoms with Crippen LogP contribution in [0.25, 0.3) is 0 Å². The zero-order valence-corrected chi connectivity index (χ0v) is 20.9. The number of hydrogen-bond donors (Lipinski definition) is 2. The van der Waals surface area contributed by atoms with Gasteiger partial charge in [0.1, 0.15) is 11.5 Å². The van der Waals surface area contributed by atoms with Crippen LogP contribution in [-0.2, 0) is 6.54 Å². The molecule has 1 aliphatic heterocycles. The van der Waals surface area contributed by atoms with Gasteiger partial charge in [-0.05, 0) is 58.1 Å². The molecule has 2 rings (SSSR count). The molecule has 1 fully saturated rings. The topological polar surface area (TPSA) is 61.4 Å². The summed E-state index contributed by atoms with van der Waals surface area (Å²) in [6, 6.07) is 6.49. The number of methoxy groups -OCH3 is 2. The standard InChI is InChI=1S/C21H37N5O2.HI/c1-6-22-21(23-9-7-10-25(2)3)24-18-8-11-26(16-18)15-17-12-19(27-4)14-20(13-17)28-5;/h12-14,18H,6-11,15-16H2,1-5H3,(H2,22,23,24);1H. The lowest BCUT2D eigenvalue weighted by Gasteiger charge is -2.19. The van der Waals surface area contributed by atoms with Gasteiger partial charge in [-0.1, -0.05) is 0 Å². The van der Waals surface area contributed by atoms with Gasteiger partial charge >= 0.3 is 0 Å². The molecule has 0 aromatic heterocycles. The molecular formula is C21H38IN5O2. The number of halogens is 1. The van der Waals surface area contributed by atoms with Crippen molar-refractivity contribution in [3.8, 4) is 11.5 Å². The molecule has 29 heavy (non-hydrogen) atoms. The largest absolute Gasteiger partial charge is 0.497 e. The average Bonchev–Trinajstić information content (AvgIpc) is 3.11. The van der Waals surface area contributed by atoms with E-state index in [2.05, 4.69) is 53.6 Å². The summed E-state index contributed by atoms with van der Waals surface area (Å²) in [4.78, 5) is 9.37. The maximum Gasteiger partial charge on any atom is 0.191 e. The van der Waals surface area contributed by atoms with Gasteiger partial charge in [0.05, 0.1) is 14.2 Å². The summed E-state index contributed by atoms with van der Waals surface area (Å²) in [6.45, 7) is 7.84. The van der Waals surface area contributed by atoms with Crippen molar-refractivity contribution < 1.29 is 9.47 Å². The lowest BCUT2D eigenvalue weighted by molar-refractivity contribution is 0.321. The Morgan fingerprint density at radius 1 is 1.21 bits per heavy atom. The number of benzene rings is 1. The molecule has 166 valence electrons. The van der Waals surface area contributed by atoms with Crippen LogP contribution in [-0.4, -0.2) is 82.8 Å². The van der Waals surface area contributed by atoms with Crippen molar-refractivity contribution in [3.63, 3.8) is 0 Å². The van der Waals surface area contributed by atoms with E-state index in [4.69, 9.17) is 14.5 Å². The number of guanidine groups is 1. The van der Waals surface area contributed by atoms with Crippen LogP contribution in [0.5, 0.6) is 11.5 Å². The van der Waals surface area contributed by atoms with E-state index in [9.17, 15) is 0 Å². The van der Waals surface area contributed by atoms with Crippen LogP contribution in [0.1, 0.15) is 25.3 Å². The summed E-state index contributed by atoms with van der Waals surface area (Å²) in [5.74, 6) is 2.60. The minimum atomic E-state index is 0. The second-order valence-corrected chi connectivity index (χ2v) is 7.50. The van der Waals surface area contributed by atoms with Gasteiger partial charge in [-0.25, -0.2) is 0 Å². The van der Waals surface area contributed by atoms with E-state index >= 15 is 0 Å². The second kappa shape index (κ2) is 13.9. The Morgan fingerprint density at radius 2 is 1.90 bits per heavy atom. The van der Waals surface area contributed by atoms with E-state index in [1.807, 2.05) is 6.07 Å². The summed E-state index contributed by atoms with van der Waals surface area (Å²) in [5.41, 5.74) is 1.21. The fourth-order valence-corrected chi connectivity index (χ4v) is 3.40. The highest BCUT2D eigenvalue weighted by Gasteiger charge is 2.23. The zero-order chi connectivity index (χ0) is 20.4. The first-order valence-electron chi connectivity index (χ1n) is 10.2. The van der Waals surface area contributed by atoms with Crippen LogP contribution in [0.4, 0.5) is 0 Å². The van der Waals surface area contributed by atoms with Gasteiger partial charge in [-0.3, -0.25) is 9.89 Å². The third-order valence-electron chi connectivity index (χ3n) is 4.81. The Kier molecular flexibility index (Phi) is 12.3. The summed E-state index contributed by atoms with van der Waals surface area (Å²) >= 11 is 0. The molecule has 2 N–H and O–H groups in total. The second-order valence-electron chi connectivity index (χ2n) is 7.50. The predicted molar refractivity (Wildman–Crippen MR) is 131 cm³/mol. The number of aliphatic imine (C=N–C) groups is 1. The summed E-state index contributed by atoms with van der Waals surface area (Å²) < 4.78 is 10.8. The molecular weight excluding hydrogens is 481 g/mol. The van der Waals surface area contributed by atoms with Gasteiger partial charge in [-0.2, -0.15) is 0 Å². The van der Waals surface area contributed by atoms with Crippen LogP contribution in [0.15, 0.2) is 23.2 Å². The number of rotatable bonds is 10. The van der Waals surface area contributed by atoms with Crippen LogP contribution in [0, 0.1) is 0 Å².